The maximum Gasteiger partial charge on any atom is 0.292 e. The number of benzene rings is 2. The Balaban J connectivity index is 1.40. The largest absolute Gasteiger partial charge is 0.497 e. The van der Waals surface area contributed by atoms with Crippen molar-refractivity contribution in [2.75, 3.05) is 38.2 Å². The topological polar surface area (TPSA) is 47.9 Å². The van der Waals surface area contributed by atoms with E-state index in [0.717, 1.165) is 42.5 Å². The Kier molecular flexibility index (Phi) is 5.66. The third kappa shape index (κ3) is 4.22. The first-order valence-electron chi connectivity index (χ1n) is 9.19. The van der Waals surface area contributed by atoms with Gasteiger partial charge in [-0.3, -0.25) is 0 Å². The van der Waals surface area contributed by atoms with Crippen molar-refractivity contribution >= 4 is 29.5 Å². The lowest BCUT2D eigenvalue weighted by molar-refractivity contribution is -0.924. The maximum absolute atomic E-state index is 6.11. The average Bonchev–Trinajstić information content (AvgIpc) is 3.09. The van der Waals surface area contributed by atoms with Crippen molar-refractivity contribution in [2.45, 2.75) is 6.67 Å². The number of ether oxygens (including phenoxy) is 1. The Morgan fingerprint density at radius 1 is 1.18 bits per heavy atom. The molecule has 146 valence electrons. The highest BCUT2D eigenvalue weighted by Gasteiger charge is 2.22. The molecule has 1 aliphatic rings. The summed E-state index contributed by atoms with van der Waals surface area (Å²) in [6.45, 7) is 4.62. The van der Waals surface area contributed by atoms with E-state index < -0.39 is 0 Å². The second kappa shape index (κ2) is 8.34. The Morgan fingerprint density at radius 2 is 1.93 bits per heavy atom. The zero-order valence-corrected chi connectivity index (χ0v) is 17.2. The molecule has 0 radical (unpaired) electrons. The molecule has 0 unspecified atom stereocenters. The summed E-state index contributed by atoms with van der Waals surface area (Å²) in [6.07, 6.45) is 0. The first-order valence-corrected chi connectivity index (χ1v) is 9.97. The van der Waals surface area contributed by atoms with Crippen molar-refractivity contribution in [3.63, 3.8) is 0 Å². The fourth-order valence-corrected chi connectivity index (χ4v) is 3.75. The molecule has 0 spiro atoms. The van der Waals surface area contributed by atoms with Gasteiger partial charge in [-0.05, 0) is 54.7 Å². The Morgan fingerprint density at radius 3 is 2.61 bits per heavy atom. The van der Waals surface area contributed by atoms with Crippen LogP contribution in [-0.4, -0.2) is 43.1 Å². The molecule has 1 saturated heterocycles. The molecule has 1 aliphatic heterocycles. The molecule has 28 heavy (non-hydrogen) atoms. The van der Waals surface area contributed by atoms with Gasteiger partial charge in [-0.15, -0.1) is 5.10 Å². The van der Waals surface area contributed by atoms with Crippen LogP contribution in [0.4, 0.5) is 5.69 Å². The molecule has 2 aromatic carbocycles. The number of halogens is 1. The fourth-order valence-electron chi connectivity index (χ4n) is 3.38. The van der Waals surface area contributed by atoms with E-state index in [-0.39, 0.29) is 0 Å². The summed E-state index contributed by atoms with van der Waals surface area (Å²) >= 11 is 11.5. The van der Waals surface area contributed by atoms with Crippen LogP contribution in [0.3, 0.4) is 0 Å². The van der Waals surface area contributed by atoms with E-state index in [0.29, 0.717) is 17.4 Å². The van der Waals surface area contributed by atoms with E-state index in [2.05, 4.69) is 16.1 Å². The van der Waals surface area contributed by atoms with Crippen LogP contribution in [0.1, 0.15) is 0 Å². The molecular formula is C20H22ClN4O2S+. The molecule has 1 N–H and O–H groups in total. The SMILES string of the molecule is COc1ccc(-c2nn(C[NH+]3CCN(c4cccc(Cl)c4)CC3)c(=S)o2)cc1. The highest BCUT2D eigenvalue weighted by Crippen LogP contribution is 2.21. The predicted molar refractivity (Wildman–Crippen MR) is 112 cm³/mol. The molecule has 1 aromatic heterocycles. The number of anilines is 1. The minimum Gasteiger partial charge on any atom is -0.497 e. The Hall–Kier alpha value is -2.35. The summed E-state index contributed by atoms with van der Waals surface area (Å²) in [6, 6.07) is 15.6. The van der Waals surface area contributed by atoms with Crippen LogP contribution in [0.15, 0.2) is 52.9 Å². The molecule has 0 amide bonds. The first-order chi connectivity index (χ1) is 13.6. The zero-order valence-electron chi connectivity index (χ0n) is 15.6. The number of aromatic nitrogens is 2. The minimum absolute atomic E-state index is 0.399. The van der Waals surface area contributed by atoms with Crippen molar-refractivity contribution in [1.82, 2.24) is 9.78 Å². The van der Waals surface area contributed by atoms with Gasteiger partial charge in [0.25, 0.3) is 4.84 Å². The van der Waals surface area contributed by atoms with Crippen molar-refractivity contribution in [2.24, 2.45) is 0 Å². The van der Waals surface area contributed by atoms with E-state index in [1.807, 2.05) is 42.5 Å². The molecule has 4 rings (SSSR count). The van der Waals surface area contributed by atoms with Crippen LogP contribution in [0.25, 0.3) is 11.5 Å². The van der Waals surface area contributed by atoms with Gasteiger partial charge in [0.1, 0.15) is 5.75 Å². The van der Waals surface area contributed by atoms with E-state index in [9.17, 15) is 0 Å². The molecule has 3 aromatic rings. The van der Waals surface area contributed by atoms with Crippen molar-refractivity contribution in [1.29, 1.82) is 0 Å². The van der Waals surface area contributed by atoms with Gasteiger partial charge in [0.2, 0.25) is 5.89 Å². The number of hydrogen-bond donors (Lipinski definition) is 1. The minimum atomic E-state index is 0.399. The Bertz CT molecular complexity index is 994. The van der Waals surface area contributed by atoms with Crippen LogP contribution in [0.5, 0.6) is 5.75 Å². The zero-order chi connectivity index (χ0) is 19.5. The van der Waals surface area contributed by atoms with Gasteiger partial charge >= 0.3 is 0 Å². The van der Waals surface area contributed by atoms with Crippen LogP contribution in [0, 0.1) is 4.84 Å². The van der Waals surface area contributed by atoms with Crippen LogP contribution in [0.2, 0.25) is 5.02 Å². The van der Waals surface area contributed by atoms with Gasteiger partial charge in [0.15, 0.2) is 6.67 Å². The molecule has 0 saturated carbocycles. The van der Waals surface area contributed by atoms with Crippen LogP contribution in [-0.2, 0) is 6.67 Å². The summed E-state index contributed by atoms with van der Waals surface area (Å²) in [4.78, 5) is 4.18. The van der Waals surface area contributed by atoms with Crippen LogP contribution < -0.4 is 14.5 Å². The lowest BCUT2D eigenvalue weighted by atomic mass is 10.2. The van der Waals surface area contributed by atoms with Gasteiger partial charge < -0.3 is 19.0 Å². The molecule has 6 nitrogen and oxygen atoms in total. The van der Waals surface area contributed by atoms with Gasteiger partial charge in [0.05, 0.1) is 33.3 Å². The molecule has 0 atom stereocenters. The third-order valence-electron chi connectivity index (χ3n) is 4.96. The number of rotatable bonds is 5. The number of nitrogens with zero attached hydrogens (tertiary/aromatic N) is 3. The summed E-state index contributed by atoms with van der Waals surface area (Å²) in [5, 5.41) is 5.34. The average molecular weight is 418 g/mol. The highest BCUT2D eigenvalue weighted by molar-refractivity contribution is 7.71. The maximum atomic E-state index is 6.11. The number of nitrogens with one attached hydrogen (secondary N) is 1. The van der Waals surface area contributed by atoms with Gasteiger partial charge in [-0.2, -0.15) is 4.68 Å². The first kappa shape index (κ1) is 19.0. The molecule has 8 heteroatoms. The van der Waals surface area contributed by atoms with Crippen molar-refractivity contribution in [3.05, 3.63) is 58.4 Å². The van der Waals surface area contributed by atoms with Gasteiger partial charge in [-0.25, -0.2) is 0 Å². The molecule has 1 fully saturated rings. The lowest BCUT2D eigenvalue weighted by Gasteiger charge is -2.33. The third-order valence-corrected chi connectivity index (χ3v) is 5.49. The predicted octanol–water partition coefficient (Wildman–Crippen LogP) is 2.90. The molecule has 0 aliphatic carbocycles. The summed E-state index contributed by atoms with van der Waals surface area (Å²) in [7, 11) is 1.64. The van der Waals surface area contributed by atoms with E-state index >= 15 is 0 Å². The van der Waals surface area contributed by atoms with Crippen molar-refractivity contribution in [3.8, 4) is 17.2 Å². The number of hydrogen-bond acceptors (Lipinski definition) is 5. The van der Waals surface area contributed by atoms with Crippen molar-refractivity contribution < 1.29 is 14.1 Å². The quantitative estimate of drug-likeness (QED) is 0.647. The normalized spacial score (nSPS) is 15.0. The highest BCUT2D eigenvalue weighted by atomic mass is 35.5. The Labute approximate surface area is 173 Å². The van der Waals surface area contributed by atoms with Crippen LogP contribution >= 0.6 is 23.8 Å². The molecule has 2 heterocycles. The summed E-state index contributed by atoms with van der Waals surface area (Å²) < 4.78 is 12.7. The fraction of sp³-hybridized carbons (Fsp3) is 0.300. The monoisotopic (exact) mass is 417 g/mol. The number of quaternary nitrogens is 1. The molecular weight excluding hydrogens is 396 g/mol. The van der Waals surface area contributed by atoms with Gasteiger partial charge in [-0.1, -0.05) is 17.7 Å². The smallest absolute Gasteiger partial charge is 0.292 e. The second-order valence-corrected chi connectivity index (χ2v) is 7.56. The van der Waals surface area contributed by atoms with E-state index in [1.165, 1.54) is 10.6 Å². The number of methoxy groups -OCH3 is 1. The standard InChI is InChI=1S/C20H21ClN4O2S/c1-26-18-7-5-15(6-8-18)19-22-25(20(28)27-19)14-23-9-11-24(12-10-23)17-4-2-3-16(21)13-17/h2-8,13H,9-12,14H2,1H3/p+1. The lowest BCUT2D eigenvalue weighted by Crippen LogP contribution is -3.14. The second-order valence-electron chi connectivity index (χ2n) is 6.78. The van der Waals surface area contributed by atoms with E-state index in [4.69, 9.17) is 33.0 Å². The number of piperazine rings is 1. The summed E-state index contributed by atoms with van der Waals surface area (Å²) in [5.41, 5.74) is 2.05. The van der Waals surface area contributed by atoms with E-state index in [1.54, 1.807) is 11.8 Å². The van der Waals surface area contributed by atoms with Gasteiger partial charge in [0, 0.05) is 16.3 Å². The molecule has 0 bridgehead atoms. The summed E-state index contributed by atoms with van der Waals surface area (Å²) in [5.74, 6) is 1.33.